The molecule has 6 heteroatoms. The third-order valence-corrected chi connectivity index (χ3v) is 3.23. The van der Waals surface area contributed by atoms with Gasteiger partial charge in [0, 0.05) is 5.56 Å². The molecule has 1 amide bonds. The van der Waals surface area contributed by atoms with Crippen LogP contribution >= 0.6 is 15.9 Å². The number of hydrogen-bond donors (Lipinski definition) is 1. The largest absolute Gasteiger partial charge is 0.496 e. The maximum absolute atomic E-state index is 13.5. The molecule has 2 rings (SSSR count). The molecule has 0 fully saturated rings. The molecular formula is C14H10BrF2NO2. The average molecular weight is 342 g/mol. The van der Waals surface area contributed by atoms with Gasteiger partial charge in [0.25, 0.3) is 5.91 Å². The lowest BCUT2D eigenvalue weighted by molar-refractivity contribution is 0.102. The number of rotatable bonds is 3. The van der Waals surface area contributed by atoms with E-state index in [-0.39, 0.29) is 5.69 Å². The first-order valence-corrected chi connectivity index (χ1v) is 6.41. The highest BCUT2D eigenvalue weighted by Gasteiger charge is 2.13. The van der Waals surface area contributed by atoms with E-state index in [0.29, 0.717) is 15.8 Å². The van der Waals surface area contributed by atoms with Crippen molar-refractivity contribution in [2.45, 2.75) is 0 Å². The van der Waals surface area contributed by atoms with Crippen LogP contribution in [0.2, 0.25) is 0 Å². The van der Waals surface area contributed by atoms with Crippen molar-refractivity contribution in [3.05, 3.63) is 58.1 Å². The normalized spacial score (nSPS) is 10.2. The van der Waals surface area contributed by atoms with E-state index in [9.17, 15) is 13.6 Å². The molecule has 0 aromatic heterocycles. The minimum Gasteiger partial charge on any atom is -0.496 e. The standard InChI is InChI=1S/C14H10BrF2NO2/c1-20-12-6-5-8(7-9(12)15)14(19)18-11-4-2-3-10(16)13(11)17/h2-7H,1H3,(H,18,19). The van der Waals surface area contributed by atoms with Gasteiger partial charge in [-0.1, -0.05) is 6.07 Å². The summed E-state index contributed by atoms with van der Waals surface area (Å²) in [5.41, 5.74) is 0.0864. The number of nitrogens with one attached hydrogen (secondary N) is 1. The van der Waals surface area contributed by atoms with Crippen LogP contribution in [0.25, 0.3) is 0 Å². The predicted octanol–water partition coefficient (Wildman–Crippen LogP) is 3.99. The highest BCUT2D eigenvalue weighted by atomic mass is 79.9. The first-order valence-electron chi connectivity index (χ1n) is 5.62. The summed E-state index contributed by atoms with van der Waals surface area (Å²) in [6, 6.07) is 8.24. The van der Waals surface area contributed by atoms with Gasteiger partial charge in [0.05, 0.1) is 17.3 Å². The van der Waals surface area contributed by atoms with Gasteiger partial charge in [0.1, 0.15) is 5.75 Å². The lowest BCUT2D eigenvalue weighted by Crippen LogP contribution is -2.13. The van der Waals surface area contributed by atoms with Gasteiger partial charge in [-0.3, -0.25) is 4.79 Å². The van der Waals surface area contributed by atoms with E-state index in [0.717, 1.165) is 6.07 Å². The lowest BCUT2D eigenvalue weighted by atomic mass is 10.2. The van der Waals surface area contributed by atoms with E-state index >= 15 is 0 Å². The minimum atomic E-state index is -1.09. The van der Waals surface area contributed by atoms with Crippen LogP contribution in [0.1, 0.15) is 10.4 Å². The smallest absolute Gasteiger partial charge is 0.255 e. The Hall–Kier alpha value is -1.95. The molecule has 20 heavy (non-hydrogen) atoms. The molecular weight excluding hydrogens is 332 g/mol. The predicted molar refractivity (Wildman–Crippen MR) is 75.0 cm³/mol. The zero-order chi connectivity index (χ0) is 14.7. The Labute approximate surface area is 122 Å². The van der Waals surface area contributed by atoms with Gasteiger partial charge in [0.2, 0.25) is 0 Å². The number of amides is 1. The van der Waals surface area contributed by atoms with Crippen LogP contribution in [0.15, 0.2) is 40.9 Å². The summed E-state index contributed by atoms with van der Waals surface area (Å²) in [5, 5.41) is 2.32. The topological polar surface area (TPSA) is 38.3 Å². The molecule has 0 atom stereocenters. The molecule has 2 aromatic rings. The van der Waals surface area contributed by atoms with Gasteiger partial charge in [-0.2, -0.15) is 0 Å². The molecule has 0 unspecified atom stereocenters. The SMILES string of the molecule is COc1ccc(C(=O)Nc2cccc(F)c2F)cc1Br. The fourth-order valence-electron chi connectivity index (χ4n) is 1.60. The van der Waals surface area contributed by atoms with E-state index in [2.05, 4.69) is 21.2 Å². The van der Waals surface area contributed by atoms with Crippen molar-refractivity contribution in [3.63, 3.8) is 0 Å². The van der Waals surface area contributed by atoms with Crippen LogP contribution in [-0.2, 0) is 0 Å². The summed E-state index contributed by atoms with van der Waals surface area (Å²) in [6.07, 6.45) is 0. The second kappa shape index (κ2) is 6.00. The third-order valence-electron chi connectivity index (χ3n) is 2.61. The maximum atomic E-state index is 13.5. The number of halogens is 3. The van der Waals surface area contributed by atoms with Crippen LogP contribution < -0.4 is 10.1 Å². The highest BCUT2D eigenvalue weighted by molar-refractivity contribution is 9.10. The Balaban J connectivity index is 2.24. The fourth-order valence-corrected chi connectivity index (χ4v) is 2.14. The Morgan fingerprint density at radius 2 is 2.00 bits per heavy atom. The van der Waals surface area contributed by atoms with Gasteiger partial charge in [0.15, 0.2) is 11.6 Å². The van der Waals surface area contributed by atoms with Crippen molar-refractivity contribution in [2.24, 2.45) is 0 Å². The molecule has 2 aromatic carbocycles. The molecule has 0 aliphatic rings. The van der Waals surface area contributed by atoms with Gasteiger partial charge in [-0.25, -0.2) is 8.78 Å². The first kappa shape index (κ1) is 14.5. The van der Waals surface area contributed by atoms with Crippen LogP contribution in [0.3, 0.4) is 0 Å². The van der Waals surface area contributed by atoms with Gasteiger partial charge < -0.3 is 10.1 Å². The molecule has 0 radical (unpaired) electrons. The Bertz CT molecular complexity index is 662. The molecule has 0 saturated heterocycles. The van der Waals surface area contributed by atoms with E-state index in [1.807, 2.05) is 0 Å². The molecule has 0 heterocycles. The summed E-state index contributed by atoms with van der Waals surface area (Å²) in [5.74, 6) is -2.08. The van der Waals surface area contributed by atoms with E-state index < -0.39 is 17.5 Å². The van der Waals surface area contributed by atoms with Crippen LogP contribution in [0, 0.1) is 11.6 Å². The van der Waals surface area contributed by atoms with E-state index in [1.54, 1.807) is 6.07 Å². The maximum Gasteiger partial charge on any atom is 0.255 e. The molecule has 104 valence electrons. The molecule has 0 bridgehead atoms. The number of carbonyl (C=O) groups is 1. The van der Waals surface area contributed by atoms with Crippen LogP contribution in [0.4, 0.5) is 14.5 Å². The first-order chi connectivity index (χ1) is 9.52. The molecule has 1 N–H and O–H groups in total. The average Bonchev–Trinajstić information content (AvgIpc) is 2.43. The van der Waals surface area contributed by atoms with E-state index in [4.69, 9.17) is 4.74 Å². The number of benzene rings is 2. The lowest BCUT2D eigenvalue weighted by Gasteiger charge is -2.08. The van der Waals surface area contributed by atoms with Gasteiger partial charge in [-0.15, -0.1) is 0 Å². The Morgan fingerprint density at radius 3 is 2.65 bits per heavy atom. The van der Waals surface area contributed by atoms with Crippen molar-refractivity contribution in [3.8, 4) is 5.75 Å². The number of hydrogen-bond acceptors (Lipinski definition) is 2. The monoisotopic (exact) mass is 341 g/mol. The second-order valence-corrected chi connectivity index (χ2v) is 4.76. The fraction of sp³-hybridized carbons (Fsp3) is 0.0714. The summed E-state index contributed by atoms with van der Waals surface area (Å²) >= 11 is 3.25. The summed E-state index contributed by atoms with van der Waals surface area (Å²) in [7, 11) is 1.50. The zero-order valence-electron chi connectivity index (χ0n) is 10.4. The summed E-state index contributed by atoms with van der Waals surface area (Å²) in [4.78, 5) is 12.0. The molecule has 0 saturated carbocycles. The zero-order valence-corrected chi connectivity index (χ0v) is 12.0. The quantitative estimate of drug-likeness (QED) is 0.916. The second-order valence-electron chi connectivity index (χ2n) is 3.90. The number of ether oxygens (including phenoxy) is 1. The molecule has 0 aliphatic carbocycles. The van der Waals surface area contributed by atoms with E-state index in [1.165, 1.54) is 31.4 Å². The Morgan fingerprint density at radius 1 is 1.25 bits per heavy atom. The van der Waals surface area contributed by atoms with Crippen molar-refractivity contribution in [1.29, 1.82) is 0 Å². The minimum absolute atomic E-state index is 0.207. The van der Waals surface area contributed by atoms with Crippen molar-refractivity contribution in [1.82, 2.24) is 0 Å². The number of carbonyl (C=O) groups excluding carboxylic acids is 1. The highest BCUT2D eigenvalue weighted by Crippen LogP contribution is 2.26. The molecule has 3 nitrogen and oxygen atoms in total. The van der Waals surface area contributed by atoms with Gasteiger partial charge >= 0.3 is 0 Å². The number of anilines is 1. The van der Waals surface area contributed by atoms with Crippen LogP contribution in [-0.4, -0.2) is 13.0 Å². The Kier molecular flexibility index (Phi) is 4.34. The summed E-state index contributed by atoms with van der Waals surface area (Å²) in [6.45, 7) is 0. The van der Waals surface area contributed by atoms with Crippen molar-refractivity contribution < 1.29 is 18.3 Å². The van der Waals surface area contributed by atoms with Crippen molar-refractivity contribution in [2.75, 3.05) is 12.4 Å². The molecule has 0 spiro atoms. The van der Waals surface area contributed by atoms with Gasteiger partial charge in [-0.05, 0) is 46.3 Å². The van der Waals surface area contributed by atoms with Crippen molar-refractivity contribution >= 4 is 27.5 Å². The third kappa shape index (κ3) is 2.96. The number of methoxy groups -OCH3 is 1. The summed E-state index contributed by atoms with van der Waals surface area (Å²) < 4.78 is 32.1. The molecule has 0 aliphatic heterocycles. The van der Waals surface area contributed by atoms with Crippen LogP contribution in [0.5, 0.6) is 5.75 Å².